The molecule has 0 aromatic heterocycles. The molecule has 1 aromatic carbocycles. The Bertz CT molecular complexity index is 828. The van der Waals surface area contributed by atoms with E-state index < -0.39 is 0 Å². The summed E-state index contributed by atoms with van der Waals surface area (Å²) in [6.45, 7) is 1.16. The summed E-state index contributed by atoms with van der Waals surface area (Å²) >= 11 is 0. The Hall–Kier alpha value is -2.69. The fraction of sp³-hybridized carbons (Fsp3) is 0.350. The molecule has 3 aliphatic heterocycles. The van der Waals surface area contributed by atoms with Crippen molar-refractivity contribution in [2.75, 3.05) is 13.1 Å². The van der Waals surface area contributed by atoms with E-state index in [2.05, 4.69) is 28.2 Å². The number of imide groups is 1. The highest BCUT2D eigenvalue weighted by Gasteiger charge is 2.37. The van der Waals surface area contributed by atoms with Crippen LogP contribution in [0.5, 0.6) is 0 Å². The zero-order valence-electron chi connectivity index (χ0n) is 13.9. The predicted molar refractivity (Wildman–Crippen MR) is 94.3 cm³/mol. The summed E-state index contributed by atoms with van der Waals surface area (Å²) in [5.74, 6) is 1.35. The normalized spacial score (nSPS) is 24.4. The molecule has 2 amide bonds. The van der Waals surface area contributed by atoms with E-state index in [1.165, 1.54) is 23.3 Å². The highest BCUT2D eigenvalue weighted by Crippen LogP contribution is 2.39. The largest absolute Gasteiger partial charge is 0.328 e. The van der Waals surface area contributed by atoms with Crippen molar-refractivity contribution in [3.8, 4) is 0 Å². The van der Waals surface area contributed by atoms with E-state index in [1.807, 2.05) is 0 Å². The van der Waals surface area contributed by atoms with Gasteiger partial charge in [0, 0.05) is 12.7 Å². The van der Waals surface area contributed by atoms with Crippen molar-refractivity contribution in [2.24, 2.45) is 10.9 Å². The minimum Gasteiger partial charge on any atom is -0.328 e. The summed E-state index contributed by atoms with van der Waals surface area (Å²) in [4.78, 5) is 33.2. The first-order valence-electron chi connectivity index (χ1n) is 8.90. The molecule has 5 heteroatoms. The number of allylic oxidation sites excluding steroid dienone is 2. The summed E-state index contributed by atoms with van der Waals surface area (Å²) < 4.78 is 0. The van der Waals surface area contributed by atoms with E-state index in [0.717, 1.165) is 18.8 Å². The Balaban J connectivity index is 1.29. The van der Waals surface area contributed by atoms with Gasteiger partial charge in [0.1, 0.15) is 5.84 Å². The third-order valence-corrected chi connectivity index (χ3v) is 5.45. The number of hydrogen-bond acceptors (Lipinski definition) is 4. The minimum atomic E-state index is -0.174. The van der Waals surface area contributed by atoms with Crippen LogP contribution in [0.3, 0.4) is 0 Å². The molecule has 5 rings (SSSR count). The van der Waals surface area contributed by atoms with Crippen molar-refractivity contribution in [1.29, 1.82) is 0 Å². The third-order valence-electron chi connectivity index (χ3n) is 5.45. The molecule has 1 unspecified atom stereocenters. The van der Waals surface area contributed by atoms with Crippen LogP contribution in [-0.2, 0) is 0 Å². The maximum atomic E-state index is 12.5. The van der Waals surface area contributed by atoms with Crippen LogP contribution in [0.2, 0.25) is 0 Å². The van der Waals surface area contributed by atoms with Crippen molar-refractivity contribution in [3.63, 3.8) is 0 Å². The molecule has 25 heavy (non-hydrogen) atoms. The second kappa shape index (κ2) is 5.41. The molecule has 1 saturated carbocycles. The highest BCUT2D eigenvalue weighted by molar-refractivity contribution is 6.21. The lowest BCUT2D eigenvalue weighted by Gasteiger charge is -2.27. The Labute approximate surface area is 146 Å². The Kier molecular flexibility index (Phi) is 3.17. The second-order valence-corrected chi connectivity index (χ2v) is 7.09. The van der Waals surface area contributed by atoms with Crippen LogP contribution in [0.25, 0.3) is 0 Å². The number of amidine groups is 1. The quantitative estimate of drug-likeness (QED) is 0.796. The van der Waals surface area contributed by atoms with Gasteiger partial charge in [0.25, 0.3) is 11.8 Å². The van der Waals surface area contributed by atoms with Crippen molar-refractivity contribution < 1.29 is 9.59 Å². The van der Waals surface area contributed by atoms with Gasteiger partial charge in [-0.25, -0.2) is 0 Å². The van der Waals surface area contributed by atoms with E-state index in [0.29, 0.717) is 23.6 Å². The SMILES string of the molecule is O=C1c2ccccc2C(=O)N1CCC1CN=C2C=CC(C3CC3)=CN21. The van der Waals surface area contributed by atoms with Gasteiger partial charge in [0.2, 0.25) is 0 Å². The van der Waals surface area contributed by atoms with E-state index in [-0.39, 0.29) is 17.9 Å². The number of benzene rings is 1. The Morgan fingerprint density at radius 1 is 1.04 bits per heavy atom. The summed E-state index contributed by atoms with van der Waals surface area (Å²) in [5.41, 5.74) is 2.42. The number of amides is 2. The van der Waals surface area contributed by atoms with Crippen molar-refractivity contribution >= 4 is 17.6 Å². The number of hydrogen-bond donors (Lipinski definition) is 0. The second-order valence-electron chi connectivity index (χ2n) is 7.09. The smallest absolute Gasteiger partial charge is 0.261 e. The van der Waals surface area contributed by atoms with Crippen LogP contribution >= 0.6 is 0 Å². The van der Waals surface area contributed by atoms with Gasteiger partial charge in [-0.2, -0.15) is 0 Å². The van der Waals surface area contributed by atoms with E-state index in [4.69, 9.17) is 0 Å². The van der Waals surface area contributed by atoms with Crippen LogP contribution in [-0.4, -0.2) is 46.6 Å². The molecule has 0 spiro atoms. The first kappa shape index (κ1) is 14.6. The third kappa shape index (κ3) is 2.34. The summed E-state index contributed by atoms with van der Waals surface area (Å²) in [6, 6.07) is 7.28. The number of carbonyl (C=O) groups excluding carboxylic acids is 2. The standard InChI is InChI=1S/C20H19N3O2/c24-19-16-3-1-2-4-17(16)20(25)22(19)10-9-15-11-21-18-8-7-14(12-23(15)18)13-5-6-13/h1-4,7-8,12-13,15H,5-6,9-11H2. The van der Waals surface area contributed by atoms with Gasteiger partial charge >= 0.3 is 0 Å². The van der Waals surface area contributed by atoms with Gasteiger partial charge in [-0.15, -0.1) is 0 Å². The Morgan fingerprint density at radius 3 is 2.44 bits per heavy atom. The average Bonchev–Trinajstić information content (AvgIpc) is 3.38. The number of fused-ring (bicyclic) bond motifs is 2. The van der Waals surface area contributed by atoms with Gasteiger partial charge in [-0.1, -0.05) is 18.2 Å². The predicted octanol–water partition coefficient (Wildman–Crippen LogP) is 2.62. The minimum absolute atomic E-state index is 0.174. The summed E-state index contributed by atoms with van der Waals surface area (Å²) in [7, 11) is 0. The lowest BCUT2D eigenvalue weighted by molar-refractivity contribution is 0.0646. The molecule has 0 saturated heterocycles. The number of rotatable bonds is 4. The average molecular weight is 333 g/mol. The zero-order chi connectivity index (χ0) is 17.0. The number of nitrogens with zero attached hydrogens (tertiary/aromatic N) is 3. The molecule has 1 atom stereocenters. The maximum absolute atomic E-state index is 12.5. The van der Waals surface area contributed by atoms with Gasteiger partial charge in [-0.3, -0.25) is 19.5 Å². The molecule has 0 bridgehead atoms. The molecule has 3 heterocycles. The molecule has 0 radical (unpaired) electrons. The molecule has 4 aliphatic rings. The molecule has 5 nitrogen and oxygen atoms in total. The molecule has 1 fully saturated rings. The highest BCUT2D eigenvalue weighted by atomic mass is 16.2. The van der Waals surface area contributed by atoms with Crippen LogP contribution in [0.4, 0.5) is 0 Å². The zero-order valence-corrected chi connectivity index (χ0v) is 13.9. The van der Waals surface area contributed by atoms with Crippen molar-refractivity contribution in [1.82, 2.24) is 9.80 Å². The fourth-order valence-electron chi connectivity index (χ4n) is 3.85. The van der Waals surface area contributed by atoms with Gasteiger partial charge in [0.05, 0.1) is 23.7 Å². The molecule has 0 N–H and O–H groups in total. The van der Waals surface area contributed by atoms with Crippen LogP contribution in [0, 0.1) is 5.92 Å². The van der Waals surface area contributed by atoms with Crippen LogP contribution < -0.4 is 0 Å². The Morgan fingerprint density at radius 2 is 1.76 bits per heavy atom. The molecule has 1 aromatic rings. The lowest BCUT2D eigenvalue weighted by atomic mass is 10.1. The molecule has 126 valence electrons. The summed E-state index contributed by atoms with van der Waals surface area (Å²) in [5, 5.41) is 0. The van der Waals surface area contributed by atoms with Crippen LogP contribution in [0.15, 0.2) is 53.2 Å². The lowest BCUT2D eigenvalue weighted by Crippen LogP contribution is -2.38. The van der Waals surface area contributed by atoms with Gasteiger partial charge in [0.15, 0.2) is 0 Å². The van der Waals surface area contributed by atoms with E-state index >= 15 is 0 Å². The monoisotopic (exact) mass is 333 g/mol. The molecule has 1 aliphatic carbocycles. The molecular weight excluding hydrogens is 314 g/mol. The first-order chi connectivity index (χ1) is 12.2. The number of carbonyl (C=O) groups is 2. The van der Waals surface area contributed by atoms with E-state index in [9.17, 15) is 9.59 Å². The topological polar surface area (TPSA) is 53.0 Å². The van der Waals surface area contributed by atoms with E-state index in [1.54, 1.807) is 24.3 Å². The fourth-order valence-corrected chi connectivity index (χ4v) is 3.85. The van der Waals surface area contributed by atoms with Crippen molar-refractivity contribution in [3.05, 3.63) is 59.3 Å². The van der Waals surface area contributed by atoms with Crippen molar-refractivity contribution in [2.45, 2.75) is 25.3 Å². The molecular formula is C20H19N3O2. The summed E-state index contributed by atoms with van der Waals surface area (Å²) in [6.07, 6.45) is 9.78. The first-order valence-corrected chi connectivity index (χ1v) is 8.90. The van der Waals surface area contributed by atoms with Gasteiger partial charge < -0.3 is 4.90 Å². The maximum Gasteiger partial charge on any atom is 0.261 e. The van der Waals surface area contributed by atoms with Gasteiger partial charge in [-0.05, 0) is 49.0 Å². The number of aliphatic imine (C=N–C) groups is 1. The van der Waals surface area contributed by atoms with Crippen LogP contribution in [0.1, 0.15) is 40.0 Å².